The second kappa shape index (κ2) is 6.45. The SMILES string of the molecule is CCOC(CC)c1noc(C(O)c2ccccc2)n1. The van der Waals surface area contributed by atoms with Crippen molar-refractivity contribution >= 4 is 0 Å². The molecule has 1 N–H and O–H groups in total. The van der Waals surface area contributed by atoms with Crippen molar-refractivity contribution in [1.82, 2.24) is 10.1 Å². The van der Waals surface area contributed by atoms with Crippen LogP contribution >= 0.6 is 0 Å². The molecule has 1 aromatic heterocycles. The van der Waals surface area contributed by atoms with Crippen LogP contribution in [-0.4, -0.2) is 21.9 Å². The van der Waals surface area contributed by atoms with Crippen LogP contribution in [0.3, 0.4) is 0 Å². The van der Waals surface area contributed by atoms with E-state index in [4.69, 9.17) is 9.26 Å². The number of ether oxygens (including phenoxy) is 1. The molecule has 2 rings (SSSR count). The summed E-state index contributed by atoms with van der Waals surface area (Å²) >= 11 is 0. The molecule has 0 aliphatic heterocycles. The number of benzene rings is 1. The molecule has 0 amide bonds. The number of hydrogen-bond acceptors (Lipinski definition) is 5. The normalized spacial score (nSPS) is 14.3. The van der Waals surface area contributed by atoms with Gasteiger partial charge in [0.15, 0.2) is 6.10 Å². The Hall–Kier alpha value is -1.72. The predicted molar refractivity (Wildman–Crippen MR) is 69.5 cm³/mol. The van der Waals surface area contributed by atoms with Crippen LogP contribution in [0.1, 0.15) is 49.8 Å². The van der Waals surface area contributed by atoms with Gasteiger partial charge < -0.3 is 14.4 Å². The molecule has 0 saturated carbocycles. The first-order valence-corrected chi connectivity index (χ1v) is 6.44. The van der Waals surface area contributed by atoms with E-state index in [0.717, 1.165) is 12.0 Å². The summed E-state index contributed by atoms with van der Waals surface area (Å²) in [6.07, 6.45) is -0.333. The van der Waals surface area contributed by atoms with E-state index in [2.05, 4.69) is 10.1 Å². The van der Waals surface area contributed by atoms with E-state index in [1.807, 2.05) is 44.2 Å². The average Bonchev–Trinajstić information content (AvgIpc) is 2.94. The van der Waals surface area contributed by atoms with E-state index < -0.39 is 6.10 Å². The summed E-state index contributed by atoms with van der Waals surface area (Å²) < 4.78 is 10.6. The number of aliphatic hydroxyl groups excluding tert-OH is 1. The molecule has 5 heteroatoms. The fourth-order valence-corrected chi connectivity index (χ4v) is 1.84. The highest BCUT2D eigenvalue weighted by Crippen LogP contribution is 2.23. The van der Waals surface area contributed by atoms with Crippen molar-refractivity contribution < 1.29 is 14.4 Å². The van der Waals surface area contributed by atoms with Crippen LogP contribution in [0, 0.1) is 0 Å². The fraction of sp³-hybridized carbons (Fsp3) is 0.429. The van der Waals surface area contributed by atoms with Gasteiger partial charge in [-0.2, -0.15) is 4.98 Å². The third-order valence-electron chi connectivity index (χ3n) is 2.83. The van der Waals surface area contributed by atoms with Gasteiger partial charge in [0.1, 0.15) is 6.10 Å². The molecular formula is C14H18N2O3. The highest BCUT2D eigenvalue weighted by molar-refractivity contribution is 5.21. The highest BCUT2D eigenvalue weighted by atomic mass is 16.5. The van der Waals surface area contributed by atoms with Gasteiger partial charge in [-0.05, 0) is 18.9 Å². The van der Waals surface area contributed by atoms with Crippen molar-refractivity contribution in [1.29, 1.82) is 0 Å². The Labute approximate surface area is 112 Å². The molecule has 0 aliphatic rings. The highest BCUT2D eigenvalue weighted by Gasteiger charge is 2.21. The maximum absolute atomic E-state index is 10.2. The van der Waals surface area contributed by atoms with Crippen LogP contribution in [0.4, 0.5) is 0 Å². The molecule has 0 bridgehead atoms. The summed E-state index contributed by atoms with van der Waals surface area (Å²) in [5.74, 6) is 0.675. The minimum atomic E-state index is -0.901. The molecule has 2 aromatic rings. The largest absolute Gasteiger partial charge is 0.378 e. The second-order valence-electron chi connectivity index (χ2n) is 4.16. The van der Waals surface area contributed by atoms with Crippen LogP contribution in [0.25, 0.3) is 0 Å². The molecule has 0 radical (unpaired) electrons. The van der Waals surface area contributed by atoms with Crippen LogP contribution in [0.15, 0.2) is 34.9 Å². The molecule has 102 valence electrons. The Bertz CT molecular complexity index is 498. The molecule has 0 spiro atoms. The van der Waals surface area contributed by atoms with Gasteiger partial charge in [0.25, 0.3) is 5.89 Å². The third-order valence-corrected chi connectivity index (χ3v) is 2.83. The van der Waals surface area contributed by atoms with Crippen molar-refractivity contribution in [2.24, 2.45) is 0 Å². The zero-order valence-electron chi connectivity index (χ0n) is 11.1. The minimum Gasteiger partial charge on any atom is -0.378 e. The van der Waals surface area contributed by atoms with Crippen molar-refractivity contribution in [2.75, 3.05) is 6.61 Å². The summed E-state index contributed by atoms with van der Waals surface area (Å²) in [5, 5.41) is 14.0. The van der Waals surface area contributed by atoms with Crippen LogP contribution < -0.4 is 0 Å². The molecule has 1 heterocycles. The number of rotatable bonds is 6. The van der Waals surface area contributed by atoms with Crippen molar-refractivity contribution in [3.8, 4) is 0 Å². The summed E-state index contributed by atoms with van der Waals surface area (Å²) in [4.78, 5) is 4.22. The van der Waals surface area contributed by atoms with Gasteiger partial charge in [0.05, 0.1) is 0 Å². The van der Waals surface area contributed by atoms with Gasteiger partial charge in [-0.1, -0.05) is 42.4 Å². The Balaban J connectivity index is 2.16. The van der Waals surface area contributed by atoms with Crippen LogP contribution in [-0.2, 0) is 4.74 Å². The standard InChI is InChI=1S/C14H18N2O3/c1-3-11(18-4-2)13-15-14(19-16-13)12(17)10-8-6-5-7-9-10/h5-9,11-12,17H,3-4H2,1-2H3. The second-order valence-corrected chi connectivity index (χ2v) is 4.16. The molecule has 2 unspecified atom stereocenters. The van der Waals surface area contributed by atoms with Gasteiger partial charge in [-0.3, -0.25) is 0 Å². The van der Waals surface area contributed by atoms with E-state index in [1.165, 1.54) is 0 Å². The third kappa shape index (κ3) is 3.19. The molecule has 2 atom stereocenters. The first kappa shape index (κ1) is 13.7. The zero-order chi connectivity index (χ0) is 13.7. The van der Waals surface area contributed by atoms with Crippen LogP contribution in [0.5, 0.6) is 0 Å². The lowest BCUT2D eigenvalue weighted by molar-refractivity contribution is 0.0518. The molecule has 1 aromatic carbocycles. The first-order valence-electron chi connectivity index (χ1n) is 6.44. The fourth-order valence-electron chi connectivity index (χ4n) is 1.84. The lowest BCUT2D eigenvalue weighted by Crippen LogP contribution is -2.06. The van der Waals surface area contributed by atoms with E-state index in [9.17, 15) is 5.11 Å². The van der Waals surface area contributed by atoms with E-state index in [-0.39, 0.29) is 12.0 Å². The van der Waals surface area contributed by atoms with Crippen molar-refractivity contribution in [3.05, 3.63) is 47.6 Å². The van der Waals surface area contributed by atoms with Gasteiger partial charge >= 0.3 is 0 Å². The Morgan fingerprint density at radius 1 is 1.26 bits per heavy atom. The van der Waals surface area contributed by atoms with Crippen molar-refractivity contribution in [2.45, 2.75) is 32.5 Å². The Kier molecular flexibility index (Phi) is 4.65. The summed E-state index contributed by atoms with van der Waals surface area (Å²) in [7, 11) is 0. The first-order chi connectivity index (χ1) is 9.26. The molecule has 19 heavy (non-hydrogen) atoms. The maximum Gasteiger partial charge on any atom is 0.260 e. The summed E-state index contributed by atoms with van der Waals surface area (Å²) in [6.45, 7) is 4.50. The molecule has 5 nitrogen and oxygen atoms in total. The lowest BCUT2D eigenvalue weighted by atomic mass is 10.1. The van der Waals surface area contributed by atoms with Gasteiger partial charge in [-0.25, -0.2) is 0 Å². The number of aliphatic hydroxyl groups is 1. The lowest BCUT2D eigenvalue weighted by Gasteiger charge is -2.09. The van der Waals surface area contributed by atoms with E-state index in [0.29, 0.717) is 12.4 Å². The molecule has 0 aliphatic carbocycles. The van der Waals surface area contributed by atoms with Gasteiger partial charge in [-0.15, -0.1) is 0 Å². The maximum atomic E-state index is 10.2. The minimum absolute atomic E-state index is 0.189. The smallest absolute Gasteiger partial charge is 0.260 e. The quantitative estimate of drug-likeness (QED) is 0.866. The monoisotopic (exact) mass is 262 g/mol. The average molecular weight is 262 g/mol. The number of nitrogens with zero attached hydrogens (tertiary/aromatic N) is 2. The zero-order valence-corrected chi connectivity index (χ0v) is 11.1. The number of aromatic nitrogens is 2. The Morgan fingerprint density at radius 2 is 2.00 bits per heavy atom. The van der Waals surface area contributed by atoms with E-state index >= 15 is 0 Å². The van der Waals surface area contributed by atoms with Gasteiger partial charge in [0, 0.05) is 6.61 Å². The topological polar surface area (TPSA) is 68.4 Å². The number of hydrogen-bond donors (Lipinski definition) is 1. The van der Waals surface area contributed by atoms with Crippen LogP contribution in [0.2, 0.25) is 0 Å². The molecule has 0 fully saturated rings. The van der Waals surface area contributed by atoms with Crippen molar-refractivity contribution in [3.63, 3.8) is 0 Å². The predicted octanol–water partition coefficient (Wildman–Crippen LogP) is 2.64. The summed E-state index contributed by atoms with van der Waals surface area (Å²) in [5.41, 5.74) is 0.724. The Morgan fingerprint density at radius 3 is 2.63 bits per heavy atom. The van der Waals surface area contributed by atoms with E-state index in [1.54, 1.807) is 0 Å². The summed E-state index contributed by atoms with van der Waals surface area (Å²) in [6, 6.07) is 9.22. The van der Waals surface area contributed by atoms with Gasteiger partial charge in [0.2, 0.25) is 5.82 Å². The molecular weight excluding hydrogens is 244 g/mol. The molecule has 0 saturated heterocycles.